The first-order valence-corrected chi connectivity index (χ1v) is 9.63. The van der Waals surface area contributed by atoms with E-state index in [2.05, 4.69) is 24.3 Å². The lowest BCUT2D eigenvalue weighted by Gasteiger charge is -2.45. The van der Waals surface area contributed by atoms with Gasteiger partial charge in [-0.15, -0.1) is 0 Å². The average Bonchev–Trinajstić information content (AvgIpc) is 2.92. The van der Waals surface area contributed by atoms with Crippen LogP contribution < -0.4 is 5.73 Å². The van der Waals surface area contributed by atoms with Crippen molar-refractivity contribution in [2.75, 3.05) is 0 Å². The summed E-state index contributed by atoms with van der Waals surface area (Å²) in [5, 5.41) is 0. The van der Waals surface area contributed by atoms with Gasteiger partial charge in [0.2, 0.25) is 0 Å². The van der Waals surface area contributed by atoms with Gasteiger partial charge in [-0.2, -0.15) is 0 Å². The fourth-order valence-corrected chi connectivity index (χ4v) is 5.66. The van der Waals surface area contributed by atoms with E-state index in [9.17, 15) is 0 Å². The molecule has 0 aromatic carbocycles. The predicted molar refractivity (Wildman–Crippen MR) is 93.5 cm³/mol. The first-order chi connectivity index (χ1) is 10.8. The summed E-state index contributed by atoms with van der Waals surface area (Å²) in [6.45, 7) is 0. The largest absolute Gasteiger partial charge is 0.321 e. The van der Waals surface area contributed by atoms with E-state index in [0.29, 0.717) is 5.92 Å². The molecule has 0 radical (unpaired) electrons. The maximum absolute atomic E-state index is 7.12. The summed E-state index contributed by atoms with van der Waals surface area (Å²) in [5.41, 5.74) is 10.4. The Bertz CT molecular complexity index is 506. The highest BCUT2D eigenvalue weighted by Crippen LogP contribution is 2.52. The topological polar surface area (TPSA) is 26.0 Å². The molecule has 0 saturated heterocycles. The van der Waals surface area contributed by atoms with Gasteiger partial charge in [0.05, 0.1) is 0 Å². The van der Waals surface area contributed by atoms with Crippen LogP contribution in [0.4, 0.5) is 0 Å². The van der Waals surface area contributed by atoms with Crippen molar-refractivity contribution < 1.29 is 0 Å². The molecule has 4 aliphatic rings. The van der Waals surface area contributed by atoms with Crippen LogP contribution in [-0.4, -0.2) is 5.54 Å². The zero-order valence-corrected chi connectivity index (χ0v) is 13.9. The number of nitrogens with two attached hydrogens (primary N) is 1. The van der Waals surface area contributed by atoms with Gasteiger partial charge in [0, 0.05) is 5.54 Å². The Morgan fingerprint density at radius 1 is 0.909 bits per heavy atom. The maximum Gasteiger partial charge on any atom is 0.0409 e. The standard InChI is InChI=1S/C21H31N/c22-21-15-18(16-7-3-1-4-8-16)11-12-19(21)13-14-20(21)17-9-5-2-6-10-17/h3,7-8,14,17-19H,1-2,4-6,9-13,15,22H2. The molecule has 2 fully saturated rings. The van der Waals surface area contributed by atoms with Gasteiger partial charge in [-0.25, -0.2) is 0 Å². The molecule has 22 heavy (non-hydrogen) atoms. The highest BCUT2D eigenvalue weighted by atomic mass is 14.8. The van der Waals surface area contributed by atoms with E-state index in [4.69, 9.17) is 5.73 Å². The fraction of sp³-hybridized carbons (Fsp3) is 0.714. The third-order valence-electron chi connectivity index (χ3n) is 6.88. The highest BCUT2D eigenvalue weighted by Gasteiger charge is 2.48. The maximum atomic E-state index is 7.12. The van der Waals surface area contributed by atoms with E-state index in [1.807, 2.05) is 0 Å². The molecule has 3 unspecified atom stereocenters. The minimum atomic E-state index is 0.0249. The van der Waals surface area contributed by atoms with Crippen molar-refractivity contribution in [1.29, 1.82) is 0 Å². The van der Waals surface area contributed by atoms with Crippen LogP contribution in [0.25, 0.3) is 0 Å². The van der Waals surface area contributed by atoms with Gasteiger partial charge in [-0.1, -0.05) is 49.1 Å². The van der Waals surface area contributed by atoms with E-state index >= 15 is 0 Å². The second kappa shape index (κ2) is 6.00. The summed E-state index contributed by atoms with van der Waals surface area (Å²) in [6, 6.07) is 0. The molecule has 1 nitrogen and oxygen atoms in total. The quantitative estimate of drug-likeness (QED) is 0.689. The molecule has 2 saturated carbocycles. The van der Waals surface area contributed by atoms with E-state index in [-0.39, 0.29) is 5.54 Å². The minimum absolute atomic E-state index is 0.0249. The van der Waals surface area contributed by atoms with Gasteiger partial charge in [0.25, 0.3) is 0 Å². The predicted octanol–water partition coefficient (Wildman–Crippen LogP) is 5.29. The monoisotopic (exact) mass is 297 g/mol. The molecule has 3 atom stereocenters. The van der Waals surface area contributed by atoms with Crippen LogP contribution in [0.5, 0.6) is 0 Å². The summed E-state index contributed by atoms with van der Waals surface area (Å²) < 4.78 is 0. The number of rotatable bonds is 2. The molecule has 120 valence electrons. The number of allylic oxidation sites excluding steroid dienone is 5. The molecular formula is C21H31N. The zero-order chi connectivity index (χ0) is 15.0. The van der Waals surface area contributed by atoms with Crippen molar-refractivity contribution in [3.8, 4) is 0 Å². The van der Waals surface area contributed by atoms with Crippen LogP contribution in [0.15, 0.2) is 35.5 Å². The van der Waals surface area contributed by atoms with Crippen molar-refractivity contribution in [3.63, 3.8) is 0 Å². The summed E-state index contributed by atoms with van der Waals surface area (Å²) in [4.78, 5) is 0. The summed E-state index contributed by atoms with van der Waals surface area (Å²) >= 11 is 0. The molecule has 0 amide bonds. The van der Waals surface area contributed by atoms with Crippen molar-refractivity contribution in [2.24, 2.45) is 23.5 Å². The lowest BCUT2D eigenvalue weighted by molar-refractivity contribution is 0.189. The molecule has 0 spiro atoms. The molecule has 1 heteroatoms. The van der Waals surface area contributed by atoms with Crippen LogP contribution in [-0.2, 0) is 0 Å². The lowest BCUT2D eigenvalue weighted by atomic mass is 9.63. The number of hydrogen-bond acceptors (Lipinski definition) is 1. The number of hydrogen-bond donors (Lipinski definition) is 1. The van der Waals surface area contributed by atoms with E-state index in [0.717, 1.165) is 11.8 Å². The normalized spacial score (nSPS) is 39.3. The summed E-state index contributed by atoms with van der Waals surface area (Å²) in [5.74, 6) is 2.25. The third kappa shape index (κ3) is 2.52. The second-order valence-electron chi connectivity index (χ2n) is 8.13. The average molecular weight is 297 g/mol. The Morgan fingerprint density at radius 2 is 1.77 bits per heavy atom. The molecular weight excluding hydrogens is 266 g/mol. The van der Waals surface area contributed by atoms with Gasteiger partial charge in [0.1, 0.15) is 0 Å². The summed E-state index contributed by atoms with van der Waals surface area (Å²) in [6.07, 6.45) is 24.4. The van der Waals surface area contributed by atoms with Crippen molar-refractivity contribution in [3.05, 3.63) is 35.5 Å². The Balaban J connectivity index is 1.54. The zero-order valence-electron chi connectivity index (χ0n) is 13.9. The second-order valence-corrected chi connectivity index (χ2v) is 8.13. The van der Waals surface area contributed by atoms with Crippen LogP contribution in [0.2, 0.25) is 0 Å². The van der Waals surface area contributed by atoms with E-state index < -0.39 is 0 Å². The summed E-state index contributed by atoms with van der Waals surface area (Å²) in [7, 11) is 0. The van der Waals surface area contributed by atoms with Crippen LogP contribution in [0.3, 0.4) is 0 Å². The number of fused-ring (bicyclic) bond motifs is 1. The van der Waals surface area contributed by atoms with Gasteiger partial charge in [0.15, 0.2) is 0 Å². The van der Waals surface area contributed by atoms with Gasteiger partial charge >= 0.3 is 0 Å². The van der Waals surface area contributed by atoms with Crippen molar-refractivity contribution in [2.45, 2.75) is 76.2 Å². The Morgan fingerprint density at radius 3 is 2.55 bits per heavy atom. The Labute approximate surface area is 135 Å². The third-order valence-corrected chi connectivity index (χ3v) is 6.88. The lowest BCUT2D eigenvalue weighted by Crippen LogP contribution is -2.52. The molecule has 4 rings (SSSR count). The first-order valence-electron chi connectivity index (χ1n) is 9.63. The molecule has 0 aliphatic heterocycles. The van der Waals surface area contributed by atoms with Crippen LogP contribution >= 0.6 is 0 Å². The molecule has 0 aromatic rings. The van der Waals surface area contributed by atoms with E-state index in [1.165, 1.54) is 70.6 Å². The molecule has 2 N–H and O–H groups in total. The van der Waals surface area contributed by atoms with E-state index in [1.54, 1.807) is 11.1 Å². The van der Waals surface area contributed by atoms with Gasteiger partial charge in [-0.05, 0) is 74.7 Å². The van der Waals surface area contributed by atoms with Crippen molar-refractivity contribution >= 4 is 0 Å². The highest BCUT2D eigenvalue weighted by molar-refractivity contribution is 5.35. The molecule has 0 aromatic heterocycles. The first kappa shape index (κ1) is 14.8. The van der Waals surface area contributed by atoms with Gasteiger partial charge < -0.3 is 5.73 Å². The van der Waals surface area contributed by atoms with Crippen LogP contribution in [0.1, 0.15) is 70.6 Å². The fourth-order valence-electron chi connectivity index (χ4n) is 5.66. The molecule has 0 heterocycles. The van der Waals surface area contributed by atoms with Crippen molar-refractivity contribution in [1.82, 2.24) is 0 Å². The minimum Gasteiger partial charge on any atom is -0.321 e. The Hall–Kier alpha value is -0.820. The Kier molecular flexibility index (Phi) is 4.02. The molecule has 4 aliphatic carbocycles. The van der Waals surface area contributed by atoms with Crippen LogP contribution in [0, 0.1) is 17.8 Å². The SMILES string of the molecule is NC12CC(C3=CCCC=C3)CCC1CC=C2C1CCCCC1. The van der Waals surface area contributed by atoms with Gasteiger partial charge in [-0.3, -0.25) is 0 Å². The smallest absolute Gasteiger partial charge is 0.0409 e. The molecule has 0 bridgehead atoms.